The number of fused-ring (bicyclic) bond motifs is 5. The lowest BCUT2D eigenvalue weighted by atomic mass is 9.82. The molecule has 7 heteroatoms. The number of aromatic nitrogens is 1. The largest absolute Gasteiger partial charge is 0.474 e. The van der Waals surface area contributed by atoms with Crippen molar-refractivity contribution in [3.63, 3.8) is 0 Å². The first-order valence-corrected chi connectivity index (χ1v) is 11.1. The number of likely N-dealkylation sites (tertiary alicyclic amines) is 1. The number of aliphatic imine (C=N–C) groups is 1. The first-order chi connectivity index (χ1) is 13.8. The van der Waals surface area contributed by atoms with Gasteiger partial charge in [-0.2, -0.15) is 0 Å². The van der Waals surface area contributed by atoms with E-state index < -0.39 is 0 Å². The maximum atomic E-state index is 6.11. The average molecular weight is 512 g/mol. The van der Waals surface area contributed by atoms with Crippen LogP contribution in [0.3, 0.4) is 0 Å². The molecule has 0 aromatic carbocycles. The molecule has 0 amide bonds. The van der Waals surface area contributed by atoms with Crippen molar-refractivity contribution in [2.24, 2.45) is 16.8 Å². The lowest BCUT2D eigenvalue weighted by Crippen LogP contribution is -2.41. The predicted octanol–water partition coefficient (Wildman–Crippen LogP) is 3.60. The summed E-state index contributed by atoms with van der Waals surface area (Å²) in [5.41, 5.74) is 1.12. The molecule has 2 bridgehead atoms. The zero-order chi connectivity index (χ0) is 18.9. The molecule has 1 aliphatic carbocycles. The molecule has 4 unspecified atom stereocenters. The topological polar surface area (TPSA) is 59.0 Å². The van der Waals surface area contributed by atoms with Gasteiger partial charge in [-0.25, -0.2) is 9.98 Å². The minimum Gasteiger partial charge on any atom is -0.474 e. The summed E-state index contributed by atoms with van der Waals surface area (Å²) in [5.74, 6) is 3.16. The van der Waals surface area contributed by atoms with Gasteiger partial charge in [-0.3, -0.25) is 0 Å². The van der Waals surface area contributed by atoms with E-state index in [1.807, 2.05) is 12.3 Å². The van der Waals surface area contributed by atoms with Gasteiger partial charge in [0.05, 0.1) is 18.8 Å². The fraction of sp³-hybridized carbons (Fsp3) is 0.727. The van der Waals surface area contributed by atoms with E-state index >= 15 is 0 Å². The Morgan fingerprint density at radius 3 is 2.52 bits per heavy atom. The quantitative estimate of drug-likeness (QED) is 0.371. The zero-order valence-corrected chi connectivity index (χ0v) is 19.6. The maximum absolute atomic E-state index is 6.11. The summed E-state index contributed by atoms with van der Waals surface area (Å²) >= 11 is 0. The summed E-state index contributed by atoms with van der Waals surface area (Å²) < 4.78 is 12.1. The van der Waals surface area contributed by atoms with Crippen LogP contribution >= 0.6 is 24.0 Å². The van der Waals surface area contributed by atoms with Gasteiger partial charge in [0.15, 0.2) is 5.96 Å². The van der Waals surface area contributed by atoms with Crippen LogP contribution in [0.25, 0.3) is 0 Å². The summed E-state index contributed by atoms with van der Waals surface area (Å²) in [5, 5.41) is 3.48. The number of hydrogen-bond acceptors (Lipinski definition) is 4. The van der Waals surface area contributed by atoms with Gasteiger partial charge in [0.25, 0.3) is 0 Å². The first kappa shape index (κ1) is 21.2. The molecule has 4 fully saturated rings. The third-order valence-corrected chi connectivity index (χ3v) is 6.89. The molecule has 3 aliphatic heterocycles. The Balaban J connectivity index is 0.00000205. The smallest absolute Gasteiger partial charge is 0.213 e. The highest BCUT2D eigenvalue weighted by atomic mass is 127. The molecule has 0 radical (unpaired) electrons. The van der Waals surface area contributed by atoms with Crippen LogP contribution in [0.5, 0.6) is 5.88 Å². The second-order valence-electron chi connectivity index (χ2n) is 8.72. The van der Waals surface area contributed by atoms with E-state index in [9.17, 15) is 0 Å². The number of rotatable bonds is 5. The van der Waals surface area contributed by atoms with Crippen LogP contribution in [-0.4, -0.2) is 53.8 Å². The molecule has 4 heterocycles. The summed E-state index contributed by atoms with van der Waals surface area (Å²) in [7, 11) is 0. The number of nitrogens with one attached hydrogen (secondary N) is 1. The molecular formula is C22H33IN4O2. The zero-order valence-electron chi connectivity index (χ0n) is 17.3. The molecule has 29 heavy (non-hydrogen) atoms. The molecule has 5 rings (SSSR count). The number of pyridine rings is 1. The Morgan fingerprint density at radius 2 is 1.90 bits per heavy atom. The van der Waals surface area contributed by atoms with Gasteiger partial charge < -0.3 is 19.7 Å². The fourth-order valence-electron chi connectivity index (χ4n) is 5.48. The minimum absolute atomic E-state index is 0. The summed E-state index contributed by atoms with van der Waals surface area (Å²) in [4.78, 5) is 11.8. The van der Waals surface area contributed by atoms with Crippen LogP contribution in [0.2, 0.25) is 0 Å². The normalized spacial score (nSPS) is 31.1. The Bertz CT molecular complexity index is 689. The molecule has 6 nitrogen and oxygen atoms in total. The van der Waals surface area contributed by atoms with Crippen molar-refractivity contribution in [3.8, 4) is 5.88 Å². The van der Waals surface area contributed by atoms with E-state index in [0.29, 0.717) is 36.7 Å². The molecule has 3 saturated heterocycles. The van der Waals surface area contributed by atoms with E-state index in [4.69, 9.17) is 14.5 Å². The Morgan fingerprint density at radius 1 is 1.17 bits per heavy atom. The van der Waals surface area contributed by atoms with Gasteiger partial charge >= 0.3 is 0 Å². The predicted molar refractivity (Wildman–Crippen MR) is 124 cm³/mol. The average Bonchev–Trinajstić information content (AvgIpc) is 3.49. The van der Waals surface area contributed by atoms with Crippen molar-refractivity contribution < 1.29 is 9.47 Å². The van der Waals surface area contributed by atoms with Crippen LogP contribution in [0.4, 0.5) is 0 Å². The van der Waals surface area contributed by atoms with Crippen molar-refractivity contribution in [3.05, 3.63) is 23.9 Å². The Kier molecular flexibility index (Phi) is 6.83. The third kappa shape index (κ3) is 4.50. The molecule has 1 saturated carbocycles. The van der Waals surface area contributed by atoms with Crippen LogP contribution in [-0.2, 0) is 11.3 Å². The number of nitrogens with zero attached hydrogens (tertiary/aromatic N) is 3. The molecular weight excluding hydrogens is 479 g/mol. The summed E-state index contributed by atoms with van der Waals surface area (Å²) in [6.07, 6.45) is 10.6. The van der Waals surface area contributed by atoms with Crippen LogP contribution < -0.4 is 10.1 Å². The minimum atomic E-state index is 0. The molecule has 1 aromatic heterocycles. The summed E-state index contributed by atoms with van der Waals surface area (Å²) in [6, 6.07) is 4.09. The Labute approximate surface area is 190 Å². The monoisotopic (exact) mass is 512 g/mol. The van der Waals surface area contributed by atoms with E-state index in [2.05, 4.69) is 28.2 Å². The molecule has 0 spiro atoms. The van der Waals surface area contributed by atoms with Crippen LogP contribution in [0, 0.1) is 11.8 Å². The van der Waals surface area contributed by atoms with E-state index in [0.717, 1.165) is 49.9 Å². The van der Waals surface area contributed by atoms with E-state index in [1.165, 1.54) is 25.7 Å². The van der Waals surface area contributed by atoms with E-state index in [1.54, 1.807) is 0 Å². The fourth-order valence-corrected chi connectivity index (χ4v) is 5.48. The summed E-state index contributed by atoms with van der Waals surface area (Å²) in [6.45, 7) is 5.82. The second-order valence-corrected chi connectivity index (χ2v) is 8.72. The highest BCUT2D eigenvalue weighted by molar-refractivity contribution is 14.0. The molecule has 4 atom stereocenters. The number of guanidine groups is 1. The van der Waals surface area contributed by atoms with Crippen molar-refractivity contribution in [2.75, 3.05) is 19.6 Å². The van der Waals surface area contributed by atoms with Gasteiger partial charge in [-0.15, -0.1) is 24.0 Å². The van der Waals surface area contributed by atoms with Gasteiger partial charge in [-0.1, -0.05) is 6.07 Å². The van der Waals surface area contributed by atoms with E-state index in [-0.39, 0.29) is 24.0 Å². The highest BCUT2D eigenvalue weighted by Crippen LogP contribution is 2.47. The number of halogens is 1. The van der Waals surface area contributed by atoms with Gasteiger partial charge in [0.1, 0.15) is 6.10 Å². The second kappa shape index (κ2) is 9.37. The van der Waals surface area contributed by atoms with Gasteiger partial charge in [0, 0.05) is 43.7 Å². The molecule has 1 aromatic rings. The number of ether oxygens (including phenoxy) is 2. The van der Waals surface area contributed by atoms with Crippen molar-refractivity contribution in [1.29, 1.82) is 0 Å². The van der Waals surface area contributed by atoms with Gasteiger partial charge in [0.2, 0.25) is 5.88 Å². The Hall–Kier alpha value is -1.09. The number of hydrogen-bond donors (Lipinski definition) is 1. The van der Waals surface area contributed by atoms with Gasteiger partial charge in [-0.05, 0) is 51.0 Å². The molecule has 1 N–H and O–H groups in total. The lowest BCUT2D eigenvalue weighted by Gasteiger charge is -2.23. The molecule has 4 aliphatic rings. The van der Waals surface area contributed by atoms with Crippen LogP contribution in [0.1, 0.15) is 51.0 Å². The lowest BCUT2D eigenvalue weighted by molar-refractivity contribution is 0.0767. The van der Waals surface area contributed by atoms with Crippen LogP contribution in [0.15, 0.2) is 23.3 Å². The first-order valence-electron chi connectivity index (χ1n) is 11.1. The molecule has 160 valence electrons. The maximum Gasteiger partial charge on any atom is 0.213 e. The highest BCUT2D eigenvalue weighted by Gasteiger charge is 2.53. The van der Waals surface area contributed by atoms with Crippen molar-refractivity contribution in [2.45, 2.75) is 70.3 Å². The SMILES string of the molecule is CCNC(=NCc1ccc(OC2CCCC2)nc1)N1CC2C3CCC(O3)C2C1.I. The third-order valence-electron chi connectivity index (χ3n) is 6.89. The van der Waals surface area contributed by atoms with Crippen molar-refractivity contribution in [1.82, 2.24) is 15.2 Å². The standard InChI is InChI=1S/C22H32N4O2.HI/c1-2-23-22(26-13-17-18(14-26)20-9-8-19(17)28-20)25-12-15-7-10-21(24-11-15)27-16-5-3-4-6-16;/h7,10-11,16-20H,2-6,8-9,12-14H2,1H3,(H,23,25);1H. The van der Waals surface area contributed by atoms with Crippen molar-refractivity contribution >= 4 is 29.9 Å².